The second-order valence-electron chi connectivity index (χ2n) is 5.80. The van der Waals surface area contributed by atoms with Gasteiger partial charge in [-0.2, -0.15) is 0 Å². The van der Waals surface area contributed by atoms with Crippen molar-refractivity contribution in [2.45, 2.75) is 24.8 Å². The Balaban J connectivity index is 2.10. The molecule has 0 saturated heterocycles. The van der Waals surface area contributed by atoms with E-state index in [1.54, 1.807) is 6.92 Å². The first kappa shape index (κ1) is 20.0. The molecule has 2 atom stereocenters. The van der Waals surface area contributed by atoms with Gasteiger partial charge in [0.2, 0.25) is 12.3 Å². The predicted molar refractivity (Wildman–Crippen MR) is 96.7 cm³/mol. The Morgan fingerprint density at radius 3 is 2.73 bits per heavy atom. The fourth-order valence-corrected chi connectivity index (χ4v) is 4.04. The van der Waals surface area contributed by atoms with E-state index in [0.717, 1.165) is 10.5 Å². The zero-order valence-electron chi connectivity index (χ0n) is 14.3. The minimum absolute atomic E-state index is 0.0829. The van der Waals surface area contributed by atoms with Crippen molar-refractivity contribution < 1.29 is 24.3 Å². The first-order valence-electron chi connectivity index (χ1n) is 7.93. The van der Waals surface area contributed by atoms with Crippen LogP contribution in [0.25, 0.3) is 0 Å². The molecule has 0 fully saturated rings. The molecular formula is C17H21N3O5S. The van der Waals surface area contributed by atoms with Gasteiger partial charge in [-0.05, 0) is 18.1 Å². The number of hydrogen-bond acceptors (Lipinski definition) is 6. The van der Waals surface area contributed by atoms with Gasteiger partial charge in [0.15, 0.2) is 0 Å². The average Bonchev–Trinajstić information content (AvgIpc) is 2.61. The van der Waals surface area contributed by atoms with Crippen molar-refractivity contribution in [2.24, 2.45) is 5.90 Å². The fourth-order valence-electron chi connectivity index (χ4n) is 2.77. The van der Waals surface area contributed by atoms with Gasteiger partial charge in [-0.15, -0.1) is 11.8 Å². The van der Waals surface area contributed by atoms with Crippen LogP contribution in [0.15, 0.2) is 41.6 Å². The van der Waals surface area contributed by atoms with E-state index in [1.165, 1.54) is 11.8 Å². The van der Waals surface area contributed by atoms with Gasteiger partial charge in [0.25, 0.3) is 0 Å². The van der Waals surface area contributed by atoms with Crippen molar-refractivity contribution in [1.29, 1.82) is 0 Å². The van der Waals surface area contributed by atoms with Crippen LogP contribution in [0.3, 0.4) is 0 Å². The highest BCUT2D eigenvalue weighted by atomic mass is 32.2. The minimum atomic E-state index is -1.24. The molecule has 2 unspecified atom stereocenters. The van der Waals surface area contributed by atoms with Crippen molar-refractivity contribution in [2.75, 3.05) is 12.4 Å². The molecule has 8 nitrogen and oxygen atoms in total. The maximum absolute atomic E-state index is 12.3. The molecule has 9 heteroatoms. The number of carbonyl (C=O) groups excluding carboxylic acids is 2. The number of rotatable bonds is 8. The third-order valence-corrected chi connectivity index (χ3v) is 5.39. The summed E-state index contributed by atoms with van der Waals surface area (Å²) in [6.07, 6.45) is 0.661. The standard InChI is InChI=1S/C17H21N3O5S/c1-11(19-14(22)7-12-5-3-2-4-6-12)16-20(10-21)15(17(23)24)13(8-25-18)9-26-16/h2-6,10-11,16H,7-9,18H2,1H3,(H,19,22)(H,23,24). The second kappa shape index (κ2) is 9.37. The van der Waals surface area contributed by atoms with Gasteiger partial charge in [-0.1, -0.05) is 30.3 Å². The first-order valence-corrected chi connectivity index (χ1v) is 8.98. The van der Waals surface area contributed by atoms with E-state index >= 15 is 0 Å². The number of thioether (sulfide) groups is 1. The Morgan fingerprint density at radius 1 is 1.46 bits per heavy atom. The molecule has 2 rings (SSSR count). The zero-order chi connectivity index (χ0) is 19.1. The third-order valence-electron chi connectivity index (χ3n) is 3.89. The highest BCUT2D eigenvalue weighted by molar-refractivity contribution is 8.00. The lowest BCUT2D eigenvalue weighted by atomic mass is 10.1. The van der Waals surface area contributed by atoms with Crippen LogP contribution in [0.2, 0.25) is 0 Å². The summed E-state index contributed by atoms with van der Waals surface area (Å²) in [6.45, 7) is 1.65. The van der Waals surface area contributed by atoms with E-state index in [0.29, 0.717) is 17.7 Å². The summed E-state index contributed by atoms with van der Waals surface area (Å²) in [5.41, 5.74) is 1.13. The zero-order valence-corrected chi connectivity index (χ0v) is 15.1. The highest BCUT2D eigenvalue weighted by Gasteiger charge is 2.36. The van der Waals surface area contributed by atoms with E-state index in [4.69, 9.17) is 5.90 Å². The molecule has 1 aliphatic heterocycles. The predicted octanol–water partition coefficient (Wildman–Crippen LogP) is 0.494. The molecule has 140 valence electrons. The number of nitrogens with two attached hydrogens (primary N) is 1. The number of hydrogen-bond donors (Lipinski definition) is 3. The lowest BCUT2D eigenvalue weighted by Gasteiger charge is -2.37. The third kappa shape index (κ3) is 4.84. The van der Waals surface area contributed by atoms with Crippen LogP contribution in [0, 0.1) is 0 Å². The second-order valence-corrected chi connectivity index (χ2v) is 6.91. The van der Waals surface area contributed by atoms with Gasteiger partial charge < -0.3 is 15.3 Å². The van der Waals surface area contributed by atoms with Gasteiger partial charge in [-0.3, -0.25) is 14.5 Å². The summed E-state index contributed by atoms with van der Waals surface area (Å²) in [4.78, 5) is 41.0. The number of amides is 2. The number of carboxylic acids is 1. The average molecular weight is 379 g/mol. The van der Waals surface area contributed by atoms with Crippen LogP contribution in [-0.4, -0.2) is 52.1 Å². The fraction of sp³-hybridized carbons (Fsp3) is 0.353. The van der Waals surface area contributed by atoms with Gasteiger partial charge in [0, 0.05) is 5.75 Å². The van der Waals surface area contributed by atoms with Crippen LogP contribution in [0.5, 0.6) is 0 Å². The van der Waals surface area contributed by atoms with Gasteiger partial charge in [-0.25, -0.2) is 10.7 Å². The SMILES string of the molecule is CC(NC(=O)Cc1ccccc1)C1SCC(CON)=C(C(=O)O)N1C=O. The molecule has 0 saturated carbocycles. The quantitative estimate of drug-likeness (QED) is 0.444. The number of nitrogens with zero attached hydrogens (tertiary/aromatic N) is 1. The van der Waals surface area contributed by atoms with Crippen molar-refractivity contribution in [3.05, 3.63) is 47.2 Å². The first-order chi connectivity index (χ1) is 12.5. The molecule has 26 heavy (non-hydrogen) atoms. The number of carboxylic acid groups (broad SMARTS) is 1. The molecule has 0 spiro atoms. The van der Waals surface area contributed by atoms with Crippen LogP contribution in [0.4, 0.5) is 0 Å². The molecule has 0 radical (unpaired) electrons. The monoisotopic (exact) mass is 379 g/mol. The molecular weight excluding hydrogens is 358 g/mol. The maximum Gasteiger partial charge on any atom is 0.352 e. The van der Waals surface area contributed by atoms with Crippen molar-refractivity contribution in [1.82, 2.24) is 10.2 Å². The normalized spacial score (nSPS) is 18.4. The largest absolute Gasteiger partial charge is 0.477 e. The van der Waals surface area contributed by atoms with Crippen molar-refractivity contribution in [3.8, 4) is 0 Å². The Morgan fingerprint density at radius 2 is 2.15 bits per heavy atom. The van der Waals surface area contributed by atoms with Crippen LogP contribution < -0.4 is 11.2 Å². The minimum Gasteiger partial charge on any atom is -0.477 e. The Hall–Kier alpha value is -2.36. The molecule has 4 N–H and O–H groups in total. The van der Waals surface area contributed by atoms with Gasteiger partial charge in [0.1, 0.15) is 11.1 Å². The smallest absolute Gasteiger partial charge is 0.352 e. The Bertz CT molecular complexity index is 695. The number of aliphatic carboxylic acids is 1. The molecule has 0 aliphatic carbocycles. The van der Waals surface area contributed by atoms with E-state index in [-0.39, 0.29) is 24.6 Å². The number of carbonyl (C=O) groups is 3. The lowest BCUT2D eigenvalue weighted by molar-refractivity contribution is -0.137. The maximum atomic E-state index is 12.3. The van der Waals surface area contributed by atoms with Crippen LogP contribution >= 0.6 is 11.8 Å². The van der Waals surface area contributed by atoms with E-state index in [2.05, 4.69) is 10.2 Å². The Labute approximate surface area is 155 Å². The molecule has 1 aliphatic rings. The lowest BCUT2D eigenvalue weighted by Crippen LogP contribution is -2.51. The Kier molecular flexibility index (Phi) is 7.19. The number of nitrogens with one attached hydrogen (secondary N) is 1. The van der Waals surface area contributed by atoms with Gasteiger partial charge in [0.05, 0.1) is 19.1 Å². The van der Waals surface area contributed by atoms with E-state index in [1.807, 2.05) is 30.3 Å². The highest BCUT2D eigenvalue weighted by Crippen LogP contribution is 2.32. The van der Waals surface area contributed by atoms with Gasteiger partial charge >= 0.3 is 5.97 Å². The topological polar surface area (TPSA) is 122 Å². The van der Waals surface area contributed by atoms with Crippen LogP contribution in [-0.2, 0) is 25.6 Å². The summed E-state index contributed by atoms with van der Waals surface area (Å²) < 4.78 is 0. The van der Waals surface area contributed by atoms with E-state index < -0.39 is 17.4 Å². The molecule has 2 amide bonds. The summed E-state index contributed by atoms with van der Waals surface area (Å²) in [7, 11) is 0. The molecule has 0 bridgehead atoms. The van der Waals surface area contributed by atoms with Crippen molar-refractivity contribution in [3.63, 3.8) is 0 Å². The number of benzene rings is 1. The molecule has 1 aromatic rings. The summed E-state index contributed by atoms with van der Waals surface area (Å²) in [6, 6.07) is 8.82. The van der Waals surface area contributed by atoms with Crippen LogP contribution in [0.1, 0.15) is 12.5 Å². The summed E-state index contributed by atoms with van der Waals surface area (Å²) in [5, 5.41) is 11.8. The molecule has 1 heterocycles. The van der Waals surface area contributed by atoms with E-state index in [9.17, 15) is 19.5 Å². The van der Waals surface area contributed by atoms with Crippen molar-refractivity contribution >= 4 is 30.0 Å². The summed E-state index contributed by atoms with van der Waals surface area (Å²) in [5.74, 6) is 3.94. The summed E-state index contributed by atoms with van der Waals surface area (Å²) >= 11 is 1.34. The molecule has 0 aromatic heterocycles. The molecule has 1 aromatic carbocycles.